The lowest BCUT2D eigenvalue weighted by atomic mass is 10.2. The molecule has 33 heavy (non-hydrogen) atoms. The lowest BCUT2D eigenvalue weighted by Crippen LogP contribution is -2.28. The van der Waals surface area contributed by atoms with E-state index in [1.54, 1.807) is 36.4 Å². The number of carbonyl (C=O) groups is 2. The number of nitrogens with one attached hydrogen (secondary N) is 2. The SMILES string of the molecule is CCOc1ccc(NC(=O)Cn2nc3ccc(C(=O)NCc4ccccc4)cn3c2=O)cc1. The van der Waals surface area contributed by atoms with Crippen LogP contribution in [-0.4, -0.2) is 32.6 Å². The number of amides is 2. The maximum atomic E-state index is 12.7. The van der Waals surface area contributed by atoms with Crippen LogP contribution in [0.15, 0.2) is 77.7 Å². The molecule has 2 amide bonds. The Kier molecular flexibility index (Phi) is 6.49. The minimum absolute atomic E-state index is 0.261. The molecule has 0 aliphatic heterocycles. The van der Waals surface area contributed by atoms with Crippen molar-refractivity contribution in [1.82, 2.24) is 19.5 Å². The summed E-state index contributed by atoms with van der Waals surface area (Å²) in [6.07, 6.45) is 1.42. The van der Waals surface area contributed by atoms with Crippen LogP contribution >= 0.6 is 0 Å². The Balaban J connectivity index is 1.43. The fourth-order valence-corrected chi connectivity index (χ4v) is 3.27. The second-order valence-electron chi connectivity index (χ2n) is 7.26. The van der Waals surface area contributed by atoms with Gasteiger partial charge in [0.25, 0.3) is 5.91 Å². The molecule has 4 aromatic rings. The zero-order valence-corrected chi connectivity index (χ0v) is 18.0. The predicted molar refractivity (Wildman–Crippen MR) is 123 cm³/mol. The Hall–Kier alpha value is -4.40. The second kappa shape index (κ2) is 9.82. The molecule has 2 N–H and O–H groups in total. The van der Waals surface area contributed by atoms with Gasteiger partial charge in [-0.2, -0.15) is 0 Å². The molecule has 2 heterocycles. The number of ether oxygens (including phenoxy) is 1. The van der Waals surface area contributed by atoms with Crippen LogP contribution in [0.2, 0.25) is 0 Å². The Morgan fingerprint density at radius 2 is 1.76 bits per heavy atom. The minimum Gasteiger partial charge on any atom is -0.494 e. The van der Waals surface area contributed by atoms with Crippen molar-refractivity contribution < 1.29 is 14.3 Å². The Morgan fingerprint density at radius 3 is 2.48 bits per heavy atom. The van der Waals surface area contributed by atoms with Crippen LogP contribution in [0.1, 0.15) is 22.8 Å². The van der Waals surface area contributed by atoms with Gasteiger partial charge in [0.1, 0.15) is 12.3 Å². The molecular formula is C24H23N5O4. The van der Waals surface area contributed by atoms with E-state index in [1.165, 1.54) is 10.6 Å². The molecule has 4 rings (SSSR count). The molecule has 0 spiro atoms. The van der Waals surface area contributed by atoms with Crippen LogP contribution in [0.3, 0.4) is 0 Å². The van der Waals surface area contributed by atoms with Gasteiger partial charge in [0.05, 0.1) is 12.2 Å². The number of anilines is 1. The summed E-state index contributed by atoms with van der Waals surface area (Å²) in [5.74, 6) is -0.00480. The van der Waals surface area contributed by atoms with Gasteiger partial charge in [0, 0.05) is 18.4 Å². The molecule has 0 saturated carbocycles. The van der Waals surface area contributed by atoms with Crippen LogP contribution < -0.4 is 21.1 Å². The number of benzene rings is 2. The summed E-state index contributed by atoms with van der Waals surface area (Å²) < 4.78 is 7.69. The second-order valence-corrected chi connectivity index (χ2v) is 7.26. The summed E-state index contributed by atoms with van der Waals surface area (Å²) in [5, 5.41) is 9.73. The molecule has 168 valence electrons. The third kappa shape index (κ3) is 5.27. The molecule has 0 saturated heterocycles. The first-order valence-electron chi connectivity index (χ1n) is 10.5. The molecule has 0 radical (unpaired) electrons. The van der Waals surface area contributed by atoms with Crippen LogP contribution in [0.25, 0.3) is 5.65 Å². The molecule has 2 aromatic heterocycles. The van der Waals surface area contributed by atoms with Crippen molar-refractivity contribution in [3.63, 3.8) is 0 Å². The van der Waals surface area contributed by atoms with E-state index in [0.29, 0.717) is 35.8 Å². The summed E-state index contributed by atoms with van der Waals surface area (Å²) in [6, 6.07) is 19.6. The summed E-state index contributed by atoms with van der Waals surface area (Å²) in [4.78, 5) is 37.6. The monoisotopic (exact) mass is 445 g/mol. The average molecular weight is 445 g/mol. The standard InChI is InChI=1S/C24H23N5O4/c1-2-33-20-11-9-19(10-12-20)26-22(30)16-29-24(32)28-15-18(8-13-21(28)27-29)23(31)25-14-17-6-4-3-5-7-17/h3-13,15H,2,14,16H2,1H3,(H,25,31)(H,26,30). The van der Waals surface area contributed by atoms with Crippen molar-refractivity contribution in [2.24, 2.45) is 0 Å². The average Bonchev–Trinajstić information content (AvgIpc) is 3.14. The molecule has 0 bridgehead atoms. The van der Waals surface area contributed by atoms with Crippen molar-refractivity contribution in [3.05, 3.63) is 94.5 Å². The zero-order valence-electron chi connectivity index (χ0n) is 18.0. The van der Waals surface area contributed by atoms with E-state index in [-0.39, 0.29) is 12.5 Å². The minimum atomic E-state index is -0.510. The number of fused-ring (bicyclic) bond motifs is 1. The highest BCUT2D eigenvalue weighted by Gasteiger charge is 2.14. The van der Waals surface area contributed by atoms with Crippen LogP contribution in [-0.2, 0) is 17.9 Å². The smallest absolute Gasteiger partial charge is 0.350 e. The van der Waals surface area contributed by atoms with E-state index in [4.69, 9.17) is 4.74 Å². The quantitative estimate of drug-likeness (QED) is 0.433. The zero-order chi connectivity index (χ0) is 23.2. The van der Waals surface area contributed by atoms with Gasteiger partial charge in [-0.05, 0) is 48.9 Å². The van der Waals surface area contributed by atoms with E-state index >= 15 is 0 Å². The molecule has 0 aliphatic carbocycles. The maximum absolute atomic E-state index is 12.7. The molecule has 9 nitrogen and oxygen atoms in total. The fraction of sp³-hybridized carbons (Fsp3) is 0.167. The summed E-state index contributed by atoms with van der Waals surface area (Å²) in [6.45, 7) is 2.56. The Bertz CT molecular complexity index is 1330. The van der Waals surface area contributed by atoms with E-state index in [9.17, 15) is 14.4 Å². The molecule has 0 fully saturated rings. The highest BCUT2D eigenvalue weighted by molar-refractivity contribution is 5.94. The number of nitrogens with zero attached hydrogens (tertiary/aromatic N) is 3. The molecule has 0 unspecified atom stereocenters. The summed E-state index contributed by atoms with van der Waals surface area (Å²) in [7, 11) is 0. The number of carbonyl (C=O) groups excluding carboxylic acids is 2. The highest BCUT2D eigenvalue weighted by atomic mass is 16.5. The van der Waals surface area contributed by atoms with Gasteiger partial charge in [-0.15, -0.1) is 5.10 Å². The first-order chi connectivity index (χ1) is 16.0. The molecule has 2 aromatic carbocycles. The van der Waals surface area contributed by atoms with Gasteiger partial charge in [0.15, 0.2) is 5.65 Å². The lowest BCUT2D eigenvalue weighted by Gasteiger charge is -2.06. The Morgan fingerprint density at radius 1 is 1.00 bits per heavy atom. The topological polar surface area (TPSA) is 107 Å². The van der Waals surface area contributed by atoms with Gasteiger partial charge in [0.2, 0.25) is 5.91 Å². The first kappa shape index (κ1) is 21.8. The number of hydrogen-bond donors (Lipinski definition) is 2. The van der Waals surface area contributed by atoms with Crippen molar-refractivity contribution in [2.75, 3.05) is 11.9 Å². The van der Waals surface area contributed by atoms with Crippen molar-refractivity contribution in [2.45, 2.75) is 20.0 Å². The van der Waals surface area contributed by atoms with Crippen molar-refractivity contribution in [1.29, 1.82) is 0 Å². The number of rotatable bonds is 8. The van der Waals surface area contributed by atoms with Crippen LogP contribution in [0.4, 0.5) is 5.69 Å². The van der Waals surface area contributed by atoms with Gasteiger partial charge in [-0.25, -0.2) is 13.9 Å². The third-order valence-corrected chi connectivity index (χ3v) is 4.88. The van der Waals surface area contributed by atoms with Crippen LogP contribution in [0, 0.1) is 0 Å². The largest absolute Gasteiger partial charge is 0.494 e. The van der Waals surface area contributed by atoms with Gasteiger partial charge in [-0.1, -0.05) is 30.3 Å². The first-order valence-corrected chi connectivity index (χ1v) is 10.5. The maximum Gasteiger partial charge on any atom is 0.350 e. The highest BCUT2D eigenvalue weighted by Crippen LogP contribution is 2.15. The lowest BCUT2D eigenvalue weighted by molar-refractivity contribution is -0.117. The molecular weight excluding hydrogens is 422 g/mol. The normalized spacial score (nSPS) is 10.7. The van der Waals surface area contributed by atoms with Gasteiger partial charge >= 0.3 is 5.69 Å². The fourth-order valence-electron chi connectivity index (χ4n) is 3.27. The van der Waals surface area contributed by atoms with E-state index in [0.717, 1.165) is 10.2 Å². The molecule has 9 heteroatoms. The predicted octanol–water partition coefficient (Wildman–Crippen LogP) is 2.46. The van der Waals surface area contributed by atoms with E-state index < -0.39 is 11.6 Å². The van der Waals surface area contributed by atoms with Gasteiger partial charge < -0.3 is 15.4 Å². The van der Waals surface area contributed by atoms with Crippen molar-refractivity contribution >= 4 is 23.1 Å². The van der Waals surface area contributed by atoms with E-state index in [1.807, 2.05) is 37.3 Å². The van der Waals surface area contributed by atoms with Crippen molar-refractivity contribution in [3.8, 4) is 5.75 Å². The van der Waals surface area contributed by atoms with Crippen LogP contribution in [0.5, 0.6) is 5.75 Å². The number of aromatic nitrogens is 3. The van der Waals surface area contributed by atoms with E-state index in [2.05, 4.69) is 15.7 Å². The van der Waals surface area contributed by atoms with Gasteiger partial charge in [-0.3, -0.25) is 9.59 Å². The summed E-state index contributed by atoms with van der Waals surface area (Å²) >= 11 is 0. The summed E-state index contributed by atoms with van der Waals surface area (Å²) in [5.41, 5.74) is 1.70. The molecule has 0 atom stereocenters. The molecule has 0 aliphatic rings. The third-order valence-electron chi connectivity index (χ3n) is 4.88. The Labute approximate surface area is 189 Å². The number of pyridine rings is 1. The number of hydrogen-bond acceptors (Lipinski definition) is 5.